The summed E-state index contributed by atoms with van der Waals surface area (Å²) in [6, 6.07) is 2.08. The first-order chi connectivity index (χ1) is 9.88. The van der Waals surface area contributed by atoms with E-state index >= 15 is 0 Å². The molecule has 4 N–H and O–H groups in total. The SMILES string of the molecule is Cc1cc(NC(=O)NCC(C)N(C)C2CC2)c(C(=O)O)[nH]1. The molecule has 1 saturated carbocycles. The Morgan fingerprint density at radius 1 is 1.52 bits per heavy atom. The van der Waals surface area contributed by atoms with Gasteiger partial charge in [-0.05, 0) is 39.8 Å². The number of urea groups is 1. The van der Waals surface area contributed by atoms with Crippen molar-refractivity contribution >= 4 is 17.7 Å². The van der Waals surface area contributed by atoms with Crippen molar-refractivity contribution in [3.8, 4) is 0 Å². The fourth-order valence-corrected chi connectivity index (χ4v) is 2.25. The van der Waals surface area contributed by atoms with Crippen LogP contribution in [0.5, 0.6) is 0 Å². The van der Waals surface area contributed by atoms with Crippen LogP contribution in [0.3, 0.4) is 0 Å². The Bertz CT molecular complexity index is 536. The lowest BCUT2D eigenvalue weighted by Gasteiger charge is -2.24. The van der Waals surface area contributed by atoms with E-state index in [1.165, 1.54) is 12.8 Å². The lowest BCUT2D eigenvalue weighted by atomic mass is 10.3. The van der Waals surface area contributed by atoms with Crippen molar-refractivity contribution in [2.24, 2.45) is 0 Å². The summed E-state index contributed by atoms with van der Waals surface area (Å²) in [6.45, 7) is 4.31. The average Bonchev–Trinajstić information content (AvgIpc) is 3.19. The number of carboxylic acids is 1. The van der Waals surface area contributed by atoms with Gasteiger partial charge in [-0.25, -0.2) is 9.59 Å². The van der Waals surface area contributed by atoms with Gasteiger partial charge in [-0.1, -0.05) is 0 Å². The van der Waals surface area contributed by atoms with Gasteiger partial charge >= 0.3 is 12.0 Å². The monoisotopic (exact) mass is 294 g/mol. The number of carbonyl (C=O) groups is 2. The smallest absolute Gasteiger partial charge is 0.354 e. The summed E-state index contributed by atoms with van der Waals surface area (Å²) in [4.78, 5) is 27.9. The molecule has 1 aromatic rings. The number of likely N-dealkylation sites (N-methyl/N-ethyl adjacent to an activating group) is 1. The maximum Gasteiger partial charge on any atom is 0.354 e. The van der Waals surface area contributed by atoms with Crippen LogP contribution in [0.15, 0.2) is 6.07 Å². The third-order valence-corrected chi connectivity index (χ3v) is 3.79. The third-order valence-electron chi connectivity index (χ3n) is 3.79. The topological polar surface area (TPSA) is 97.5 Å². The number of nitrogens with zero attached hydrogens (tertiary/aromatic N) is 1. The highest BCUT2D eigenvalue weighted by molar-refractivity contribution is 5.99. The molecule has 1 aliphatic rings. The first-order valence-electron chi connectivity index (χ1n) is 7.08. The zero-order chi connectivity index (χ0) is 15.6. The summed E-state index contributed by atoms with van der Waals surface area (Å²) < 4.78 is 0. The molecule has 1 aromatic heterocycles. The van der Waals surface area contributed by atoms with Crippen LogP contribution in [0.1, 0.15) is 35.9 Å². The van der Waals surface area contributed by atoms with Gasteiger partial charge in [-0.3, -0.25) is 4.90 Å². The van der Waals surface area contributed by atoms with Crippen LogP contribution < -0.4 is 10.6 Å². The molecule has 0 bridgehead atoms. The van der Waals surface area contributed by atoms with Gasteiger partial charge in [0, 0.05) is 24.3 Å². The van der Waals surface area contributed by atoms with Gasteiger partial charge in [0.05, 0.1) is 5.69 Å². The Balaban J connectivity index is 1.85. The second-order valence-corrected chi connectivity index (χ2v) is 5.63. The standard InChI is InChI=1S/C14H22N4O3/c1-8-6-11(12(16-8)13(19)20)17-14(21)15-7-9(2)18(3)10-4-5-10/h6,9-10,16H,4-5,7H2,1-3H3,(H,19,20)(H2,15,17,21). The molecular weight excluding hydrogens is 272 g/mol. The molecule has 2 amide bonds. The molecule has 0 aromatic carbocycles. The molecule has 0 aliphatic heterocycles. The van der Waals surface area contributed by atoms with E-state index in [0.717, 1.165) is 0 Å². The second kappa shape index (κ2) is 6.17. The largest absolute Gasteiger partial charge is 0.477 e. The molecular formula is C14H22N4O3. The zero-order valence-electron chi connectivity index (χ0n) is 12.6. The minimum Gasteiger partial charge on any atom is -0.477 e. The maximum absolute atomic E-state index is 11.9. The predicted molar refractivity (Wildman–Crippen MR) is 79.8 cm³/mol. The first-order valence-corrected chi connectivity index (χ1v) is 7.08. The summed E-state index contributed by atoms with van der Waals surface area (Å²) in [5.41, 5.74) is 0.955. The lowest BCUT2D eigenvalue weighted by molar-refractivity contribution is 0.0692. The normalized spacial score (nSPS) is 15.8. The molecule has 1 unspecified atom stereocenters. The van der Waals surface area contributed by atoms with Crippen LogP contribution in [-0.4, -0.2) is 52.7 Å². The van der Waals surface area contributed by atoms with Crippen molar-refractivity contribution in [3.05, 3.63) is 17.5 Å². The molecule has 116 valence electrons. The molecule has 7 heteroatoms. The Morgan fingerprint density at radius 2 is 2.19 bits per heavy atom. The Morgan fingerprint density at radius 3 is 2.76 bits per heavy atom. The summed E-state index contributed by atoms with van der Waals surface area (Å²) in [5, 5.41) is 14.4. The van der Waals surface area contributed by atoms with Gasteiger partial charge in [0.2, 0.25) is 0 Å². The minimum absolute atomic E-state index is 0.00852. The molecule has 1 heterocycles. The third kappa shape index (κ3) is 3.98. The van der Waals surface area contributed by atoms with Crippen LogP contribution in [0.4, 0.5) is 10.5 Å². The summed E-state index contributed by atoms with van der Waals surface area (Å²) >= 11 is 0. The van der Waals surface area contributed by atoms with Crippen molar-refractivity contribution < 1.29 is 14.7 Å². The van der Waals surface area contributed by atoms with Gasteiger partial charge in [0.1, 0.15) is 5.69 Å². The number of rotatable bonds is 6. The van der Waals surface area contributed by atoms with E-state index in [1.54, 1.807) is 13.0 Å². The van der Waals surface area contributed by atoms with Crippen molar-refractivity contribution in [2.45, 2.75) is 38.8 Å². The minimum atomic E-state index is -1.10. The zero-order valence-corrected chi connectivity index (χ0v) is 12.6. The number of aromatic amines is 1. The fourth-order valence-electron chi connectivity index (χ4n) is 2.25. The van der Waals surface area contributed by atoms with Crippen LogP contribution in [0, 0.1) is 6.92 Å². The lowest BCUT2D eigenvalue weighted by Crippen LogP contribution is -2.42. The number of amides is 2. The Kier molecular flexibility index (Phi) is 4.52. The number of H-pyrrole nitrogens is 1. The highest BCUT2D eigenvalue weighted by Gasteiger charge is 2.29. The predicted octanol–water partition coefficient (Wildman–Crippen LogP) is 1.63. The Labute approximate surface area is 123 Å². The van der Waals surface area contributed by atoms with Crippen molar-refractivity contribution in [1.82, 2.24) is 15.2 Å². The number of aromatic nitrogens is 1. The van der Waals surface area contributed by atoms with E-state index < -0.39 is 12.0 Å². The van der Waals surface area contributed by atoms with Crippen LogP contribution in [0.2, 0.25) is 0 Å². The van der Waals surface area contributed by atoms with Crippen molar-refractivity contribution in [1.29, 1.82) is 0 Å². The molecule has 0 spiro atoms. The molecule has 0 saturated heterocycles. The van der Waals surface area contributed by atoms with Gasteiger partial charge in [-0.15, -0.1) is 0 Å². The number of nitrogens with one attached hydrogen (secondary N) is 3. The number of carboxylic acid groups (broad SMARTS) is 1. The number of carbonyl (C=O) groups excluding carboxylic acids is 1. The van der Waals surface area contributed by atoms with Crippen LogP contribution in [0.25, 0.3) is 0 Å². The van der Waals surface area contributed by atoms with E-state index in [4.69, 9.17) is 5.11 Å². The van der Waals surface area contributed by atoms with E-state index in [1.807, 2.05) is 0 Å². The van der Waals surface area contributed by atoms with Crippen molar-refractivity contribution in [3.63, 3.8) is 0 Å². The molecule has 7 nitrogen and oxygen atoms in total. The molecule has 0 radical (unpaired) electrons. The quantitative estimate of drug-likeness (QED) is 0.641. The highest BCUT2D eigenvalue weighted by atomic mass is 16.4. The van der Waals surface area contributed by atoms with Gasteiger partial charge < -0.3 is 20.7 Å². The van der Waals surface area contributed by atoms with E-state index in [0.29, 0.717) is 18.3 Å². The highest BCUT2D eigenvalue weighted by Crippen LogP contribution is 2.26. The molecule has 1 aliphatic carbocycles. The second-order valence-electron chi connectivity index (χ2n) is 5.63. The van der Waals surface area contributed by atoms with Gasteiger partial charge in [0.25, 0.3) is 0 Å². The number of anilines is 1. The van der Waals surface area contributed by atoms with Gasteiger partial charge in [-0.2, -0.15) is 0 Å². The molecule has 2 rings (SSSR count). The summed E-state index contributed by atoms with van der Waals surface area (Å²) in [6.07, 6.45) is 2.44. The van der Waals surface area contributed by atoms with E-state index in [2.05, 4.69) is 34.5 Å². The van der Waals surface area contributed by atoms with Crippen LogP contribution in [-0.2, 0) is 0 Å². The maximum atomic E-state index is 11.9. The van der Waals surface area contributed by atoms with Gasteiger partial charge in [0.15, 0.2) is 0 Å². The molecule has 1 fully saturated rings. The van der Waals surface area contributed by atoms with Crippen LogP contribution >= 0.6 is 0 Å². The summed E-state index contributed by atoms with van der Waals surface area (Å²) in [7, 11) is 2.06. The van der Waals surface area contributed by atoms with Crippen molar-refractivity contribution in [2.75, 3.05) is 18.9 Å². The number of hydrogen-bond acceptors (Lipinski definition) is 3. The first kappa shape index (κ1) is 15.4. The number of hydrogen-bond donors (Lipinski definition) is 4. The molecule has 21 heavy (non-hydrogen) atoms. The fraction of sp³-hybridized carbons (Fsp3) is 0.571. The molecule has 1 atom stereocenters. The number of aryl methyl sites for hydroxylation is 1. The van der Waals surface area contributed by atoms with E-state index in [-0.39, 0.29) is 17.4 Å². The average molecular weight is 294 g/mol. The van der Waals surface area contributed by atoms with E-state index in [9.17, 15) is 9.59 Å². The summed E-state index contributed by atoms with van der Waals surface area (Å²) in [5.74, 6) is -1.10. The Hall–Kier alpha value is -2.02. The number of aromatic carboxylic acids is 1.